The molecule has 0 radical (unpaired) electrons. The molecule has 3 aromatic carbocycles. The number of aromatic nitrogens is 3. The highest BCUT2D eigenvalue weighted by molar-refractivity contribution is 6.37. The van der Waals surface area contributed by atoms with Crippen molar-refractivity contribution in [3.05, 3.63) is 114 Å². The third-order valence-corrected chi connectivity index (χ3v) is 6.34. The minimum atomic E-state index is -0.762. The zero-order valence-electron chi connectivity index (χ0n) is 18.8. The van der Waals surface area contributed by atoms with Crippen LogP contribution in [-0.4, -0.2) is 32.1 Å². The fourth-order valence-electron chi connectivity index (χ4n) is 4.02. The number of H-pyrrole nitrogens is 1. The minimum absolute atomic E-state index is 0.0507. The first-order chi connectivity index (χ1) is 17.7. The van der Waals surface area contributed by atoms with Crippen LogP contribution >= 0.6 is 23.2 Å². The second-order valence-electron chi connectivity index (χ2n) is 8.22. The molecule has 0 bridgehead atoms. The summed E-state index contributed by atoms with van der Waals surface area (Å²) in [5.74, 6) is -0.974. The normalized spacial score (nSPS) is 13.0. The Kier molecular flexibility index (Phi) is 6.53. The van der Waals surface area contributed by atoms with Gasteiger partial charge in [-0.05, 0) is 60.5 Å². The van der Waals surface area contributed by atoms with Gasteiger partial charge >= 0.3 is 5.69 Å². The van der Waals surface area contributed by atoms with Gasteiger partial charge < -0.3 is 9.64 Å². The molecule has 0 atom stereocenters. The van der Waals surface area contributed by atoms with Crippen molar-refractivity contribution in [2.24, 2.45) is 0 Å². The molecule has 4 aromatic rings. The number of carbonyl (C=O) groups is 1. The third-order valence-electron chi connectivity index (χ3n) is 5.77. The van der Waals surface area contributed by atoms with Crippen molar-refractivity contribution >= 4 is 29.1 Å². The van der Waals surface area contributed by atoms with Gasteiger partial charge in [-0.1, -0.05) is 23.2 Å². The van der Waals surface area contributed by atoms with Crippen LogP contribution in [0.25, 0.3) is 5.69 Å². The fraction of sp³-hybridized carbons (Fsp3) is 0.120. The molecule has 0 aliphatic carbocycles. The van der Waals surface area contributed by atoms with Crippen LogP contribution in [0.2, 0.25) is 10.0 Å². The topological polar surface area (TPSA) is 97.3 Å². The van der Waals surface area contributed by atoms with E-state index in [0.717, 1.165) is 29.1 Å². The maximum Gasteiger partial charge on any atom is 0.349 e. The van der Waals surface area contributed by atoms with E-state index in [1.54, 1.807) is 18.2 Å². The van der Waals surface area contributed by atoms with E-state index in [1.807, 2.05) is 0 Å². The molecule has 8 nitrogen and oxygen atoms in total. The summed E-state index contributed by atoms with van der Waals surface area (Å²) in [5, 5.41) is 3.93. The molecule has 188 valence electrons. The van der Waals surface area contributed by atoms with Crippen molar-refractivity contribution in [2.75, 3.05) is 6.54 Å². The van der Waals surface area contributed by atoms with Crippen LogP contribution in [0.1, 0.15) is 21.5 Å². The Morgan fingerprint density at radius 3 is 2.49 bits per heavy atom. The van der Waals surface area contributed by atoms with Crippen molar-refractivity contribution in [3.8, 4) is 17.2 Å². The van der Waals surface area contributed by atoms with E-state index in [2.05, 4.69) is 10.1 Å². The molecule has 0 spiro atoms. The average Bonchev–Trinajstić information content (AvgIpc) is 2.85. The molecule has 1 aliphatic rings. The Bertz CT molecular complexity index is 1650. The highest BCUT2D eigenvalue weighted by atomic mass is 35.5. The molecule has 0 fully saturated rings. The van der Waals surface area contributed by atoms with Gasteiger partial charge in [0.1, 0.15) is 23.6 Å². The van der Waals surface area contributed by atoms with E-state index in [0.29, 0.717) is 29.8 Å². The quantitative estimate of drug-likeness (QED) is 0.399. The highest BCUT2D eigenvalue weighted by Gasteiger charge is 2.26. The van der Waals surface area contributed by atoms with Gasteiger partial charge in [-0.25, -0.2) is 13.6 Å². The predicted octanol–water partition coefficient (Wildman–Crippen LogP) is 4.50. The van der Waals surface area contributed by atoms with E-state index in [-0.39, 0.29) is 39.5 Å². The van der Waals surface area contributed by atoms with Crippen LogP contribution in [0.15, 0.2) is 64.3 Å². The van der Waals surface area contributed by atoms with Gasteiger partial charge in [0.2, 0.25) is 0 Å². The van der Waals surface area contributed by atoms with Crippen molar-refractivity contribution in [2.45, 2.75) is 13.0 Å². The number of nitrogens with zero attached hydrogens (tertiary/aromatic N) is 3. The lowest BCUT2D eigenvalue weighted by molar-refractivity contribution is 0.0725. The van der Waals surface area contributed by atoms with Crippen molar-refractivity contribution in [1.29, 1.82) is 0 Å². The molecule has 1 amide bonds. The number of ether oxygens (including phenoxy) is 1. The Morgan fingerprint density at radius 2 is 1.76 bits per heavy atom. The summed E-state index contributed by atoms with van der Waals surface area (Å²) in [6, 6.07) is 10.8. The first-order valence-corrected chi connectivity index (χ1v) is 11.7. The second kappa shape index (κ2) is 9.79. The van der Waals surface area contributed by atoms with Crippen LogP contribution in [0, 0.1) is 11.6 Å². The van der Waals surface area contributed by atoms with Gasteiger partial charge in [0.15, 0.2) is 5.75 Å². The zero-order valence-corrected chi connectivity index (χ0v) is 20.3. The van der Waals surface area contributed by atoms with Gasteiger partial charge in [0, 0.05) is 24.2 Å². The van der Waals surface area contributed by atoms with E-state index in [4.69, 9.17) is 27.9 Å². The Labute approximate surface area is 217 Å². The molecule has 1 aliphatic heterocycles. The third kappa shape index (κ3) is 4.98. The van der Waals surface area contributed by atoms with Gasteiger partial charge in [-0.15, -0.1) is 0 Å². The molecule has 12 heteroatoms. The number of halogens is 4. The van der Waals surface area contributed by atoms with Gasteiger partial charge in [0.25, 0.3) is 11.5 Å². The maximum absolute atomic E-state index is 14.1. The SMILES string of the molecule is O=C1c2ccc(Oc3c(Cl)cc(-n4ncc(=O)[nH]c4=O)cc3Cl)cc2CCN1Cc1cc(F)ccc1F. The number of carbonyl (C=O) groups excluding carboxylic acids is 1. The molecule has 1 N–H and O–H groups in total. The van der Waals surface area contributed by atoms with E-state index < -0.39 is 22.9 Å². The zero-order chi connectivity index (χ0) is 26.3. The number of fused-ring (bicyclic) bond motifs is 1. The van der Waals surface area contributed by atoms with Crippen LogP contribution in [-0.2, 0) is 13.0 Å². The van der Waals surface area contributed by atoms with E-state index in [1.165, 1.54) is 17.0 Å². The van der Waals surface area contributed by atoms with Crippen molar-refractivity contribution < 1.29 is 18.3 Å². The summed E-state index contributed by atoms with van der Waals surface area (Å²) in [6.45, 7) is 0.257. The number of hydrogen-bond donors (Lipinski definition) is 1. The summed E-state index contributed by atoms with van der Waals surface area (Å²) < 4.78 is 34.4. The molecule has 5 rings (SSSR count). The van der Waals surface area contributed by atoms with Gasteiger partial charge in [-0.3, -0.25) is 14.6 Å². The first-order valence-electron chi connectivity index (χ1n) is 10.9. The molecule has 0 saturated carbocycles. The molecule has 2 heterocycles. The Hall–Kier alpha value is -4.02. The number of hydrogen-bond acceptors (Lipinski definition) is 5. The number of rotatable bonds is 5. The number of nitrogens with one attached hydrogen (secondary N) is 1. The summed E-state index contributed by atoms with van der Waals surface area (Å²) in [7, 11) is 0. The first kappa shape index (κ1) is 24.7. The maximum atomic E-state index is 14.1. The molecule has 0 saturated heterocycles. The lowest BCUT2D eigenvalue weighted by atomic mass is 9.98. The van der Waals surface area contributed by atoms with Crippen LogP contribution in [0.3, 0.4) is 0 Å². The lowest BCUT2D eigenvalue weighted by Crippen LogP contribution is -2.37. The Morgan fingerprint density at radius 1 is 1.00 bits per heavy atom. The fourth-order valence-corrected chi connectivity index (χ4v) is 4.57. The monoisotopic (exact) mass is 544 g/mol. The molecular formula is C25H16Cl2F2N4O4. The Balaban J connectivity index is 1.37. The summed E-state index contributed by atoms with van der Waals surface area (Å²) in [6.07, 6.45) is 1.41. The molecule has 0 unspecified atom stereocenters. The van der Waals surface area contributed by atoms with Crippen LogP contribution in [0.4, 0.5) is 8.78 Å². The van der Waals surface area contributed by atoms with Gasteiger partial charge in [-0.2, -0.15) is 9.78 Å². The second-order valence-corrected chi connectivity index (χ2v) is 9.04. The van der Waals surface area contributed by atoms with Crippen LogP contribution in [0.5, 0.6) is 11.5 Å². The standard InChI is InChI=1S/C25H16Cl2F2N4O4/c26-19-9-16(33-25(36)31-22(34)11-30-33)10-20(27)23(19)37-17-2-3-18-13(8-17)5-6-32(24(18)35)12-14-7-15(28)1-4-21(14)29/h1-4,7-11H,5-6,12H2,(H,31,34,36). The van der Waals surface area contributed by atoms with Crippen molar-refractivity contribution in [1.82, 2.24) is 19.7 Å². The summed E-state index contributed by atoms with van der Waals surface area (Å²) in [4.78, 5) is 39.8. The summed E-state index contributed by atoms with van der Waals surface area (Å²) in [5.41, 5.74) is 0.0476. The smallest absolute Gasteiger partial charge is 0.349 e. The summed E-state index contributed by atoms with van der Waals surface area (Å²) >= 11 is 12.7. The van der Waals surface area contributed by atoms with E-state index >= 15 is 0 Å². The largest absolute Gasteiger partial charge is 0.454 e. The van der Waals surface area contributed by atoms with E-state index in [9.17, 15) is 23.2 Å². The van der Waals surface area contributed by atoms with Crippen molar-refractivity contribution in [3.63, 3.8) is 0 Å². The number of amides is 1. The van der Waals surface area contributed by atoms with Crippen LogP contribution < -0.4 is 16.0 Å². The number of aromatic amines is 1. The lowest BCUT2D eigenvalue weighted by Gasteiger charge is -2.29. The molecule has 37 heavy (non-hydrogen) atoms. The minimum Gasteiger partial charge on any atom is -0.454 e. The average molecular weight is 545 g/mol. The molecular weight excluding hydrogens is 529 g/mol. The molecule has 1 aromatic heterocycles. The number of benzene rings is 3. The predicted molar refractivity (Wildman–Crippen MR) is 132 cm³/mol. The highest BCUT2D eigenvalue weighted by Crippen LogP contribution is 2.39. The van der Waals surface area contributed by atoms with Gasteiger partial charge in [0.05, 0.1) is 15.7 Å².